The van der Waals surface area contributed by atoms with Gasteiger partial charge in [-0.2, -0.15) is 0 Å². The van der Waals surface area contributed by atoms with E-state index in [0.29, 0.717) is 6.04 Å². The first-order valence-electron chi connectivity index (χ1n) is 7.21. The molecule has 4 nitrogen and oxygen atoms in total. The van der Waals surface area contributed by atoms with Crippen molar-refractivity contribution in [3.8, 4) is 0 Å². The third-order valence-corrected chi connectivity index (χ3v) is 4.51. The van der Waals surface area contributed by atoms with Crippen LogP contribution in [-0.2, 0) is 4.79 Å². The van der Waals surface area contributed by atoms with E-state index in [1.807, 2.05) is 0 Å². The van der Waals surface area contributed by atoms with Gasteiger partial charge < -0.3 is 10.4 Å². The average Bonchev–Trinajstić information content (AvgIpc) is 2.72. The number of nitrogens with zero attached hydrogens (tertiary/aromatic N) is 1. The van der Waals surface area contributed by atoms with E-state index in [1.165, 1.54) is 25.7 Å². The second kappa shape index (κ2) is 5.57. The van der Waals surface area contributed by atoms with Gasteiger partial charge in [0.1, 0.15) is 0 Å². The molecule has 2 rings (SSSR count). The molecule has 4 heteroatoms. The van der Waals surface area contributed by atoms with Gasteiger partial charge in [-0.1, -0.05) is 12.8 Å². The van der Waals surface area contributed by atoms with Gasteiger partial charge in [0.15, 0.2) is 0 Å². The lowest BCUT2D eigenvalue weighted by Crippen LogP contribution is -2.55. The maximum atomic E-state index is 11.1. The highest BCUT2D eigenvalue weighted by Crippen LogP contribution is 2.34. The quantitative estimate of drug-likeness (QED) is 0.807. The highest BCUT2D eigenvalue weighted by atomic mass is 16.4. The maximum Gasteiger partial charge on any atom is 0.304 e. The molecule has 1 unspecified atom stereocenters. The molecule has 1 saturated heterocycles. The summed E-state index contributed by atoms with van der Waals surface area (Å²) in [5.41, 5.74) is 0.110. The Hall–Kier alpha value is -0.610. The van der Waals surface area contributed by atoms with Gasteiger partial charge >= 0.3 is 5.97 Å². The van der Waals surface area contributed by atoms with Crippen LogP contribution >= 0.6 is 0 Å². The number of rotatable bonds is 3. The molecule has 0 amide bonds. The van der Waals surface area contributed by atoms with E-state index in [4.69, 9.17) is 5.11 Å². The Morgan fingerprint density at radius 1 is 1.39 bits per heavy atom. The summed E-state index contributed by atoms with van der Waals surface area (Å²) in [6, 6.07) is 0.729. The Kier molecular flexibility index (Phi) is 4.28. The van der Waals surface area contributed by atoms with Crippen LogP contribution in [-0.4, -0.2) is 46.7 Å². The largest absolute Gasteiger partial charge is 0.481 e. The summed E-state index contributed by atoms with van der Waals surface area (Å²) in [4.78, 5) is 13.6. The lowest BCUT2D eigenvalue weighted by molar-refractivity contribution is -0.139. The molecular formula is C14H26N2O2. The van der Waals surface area contributed by atoms with Crippen molar-refractivity contribution in [1.82, 2.24) is 10.2 Å². The van der Waals surface area contributed by atoms with Crippen LogP contribution in [0.3, 0.4) is 0 Å². The average molecular weight is 254 g/mol. The zero-order valence-corrected chi connectivity index (χ0v) is 11.6. The molecule has 0 aromatic rings. The van der Waals surface area contributed by atoms with Gasteiger partial charge in [0.25, 0.3) is 0 Å². The molecule has 2 N–H and O–H groups in total. The van der Waals surface area contributed by atoms with Crippen LogP contribution < -0.4 is 5.32 Å². The Balaban J connectivity index is 2.19. The van der Waals surface area contributed by atoms with E-state index in [2.05, 4.69) is 24.1 Å². The summed E-state index contributed by atoms with van der Waals surface area (Å²) in [6.45, 7) is 6.35. The topological polar surface area (TPSA) is 52.6 Å². The van der Waals surface area contributed by atoms with E-state index in [9.17, 15) is 4.79 Å². The molecule has 1 aliphatic heterocycles. The van der Waals surface area contributed by atoms with Crippen molar-refractivity contribution in [2.45, 2.75) is 70.0 Å². The lowest BCUT2D eigenvalue weighted by atomic mass is 9.93. The second-order valence-electron chi connectivity index (χ2n) is 6.36. The first kappa shape index (κ1) is 13.8. The molecule has 2 fully saturated rings. The fraction of sp³-hybridized carbons (Fsp3) is 0.929. The van der Waals surface area contributed by atoms with Crippen molar-refractivity contribution in [2.75, 3.05) is 13.1 Å². The third kappa shape index (κ3) is 3.04. The number of carboxylic acid groups (broad SMARTS) is 1. The normalized spacial score (nSPS) is 30.2. The summed E-state index contributed by atoms with van der Waals surface area (Å²) < 4.78 is 0. The fourth-order valence-electron chi connectivity index (χ4n) is 3.73. The number of carboxylic acids is 1. The number of hydrogen-bond acceptors (Lipinski definition) is 3. The van der Waals surface area contributed by atoms with Gasteiger partial charge in [0.2, 0.25) is 0 Å². The summed E-state index contributed by atoms with van der Waals surface area (Å²) >= 11 is 0. The molecule has 0 bridgehead atoms. The maximum absolute atomic E-state index is 11.1. The number of carbonyl (C=O) groups is 1. The van der Waals surface area contributed by atoms with Crippen LogP contribution in [0.4, 0.5) is 0 Å². The minimum absolute atomic E-state index is 0.110. The first-order chi connectivity index (χ1) is 8.50. The molecule has 1 aliphatic carbocycles. The zero-order valence-electron chi connectivity index (χ0n) is 11.6. The Labute approximate surface area is 110 Å². The van der Waals surface area contributed by atoms with Gasteiger partial charge in [-0.15, -0.1) is 0 Å². The van der Waals surface area contributed by atoms with Gasteiger partial charge in [0, 0.05) is 24.2 Å². The van der Waals surface area contributed by atoms with Crippen molar-refractivity contribution in [1.29, 1.82) is 0 Å². The van der Waals surface area contributed by atoms with Crippen LogP contribution in [0.15, 0.2) is 0 Å². The Morgan fingerprint density at radius 2 is 2.06 bits per heavy atom. The molecule has 1 atom stereocenters. The molecule has 18 heavy (non-hydrogen) atoms. The van der Waals surface area contributed by atoms with E-state index >= 15 is 0 Å². The zero-order chi connectivity index (χ0) is 13.2. The van der Waals surface area contributed by atoms with Crippen molar-refractivity contribution >= 4 is 5.97 Å². The molecule has 0 aromatic heterocycles. The van der Waals surface area contributed by atoms with E-state index in [-0.39, 0.29) is 18.0 Å². The predicted octanol–water partition coefficient (Wildman–Crippen LogP) is 1.85. The summed E-state index contributed by atoms with van der Waals surface area (Å²) in [5, 5.41) is 12.5. The molecular weight excluding hydrogens is 228 g/mol. The van der Waals surface area contributed by atoms with Crippen LogP contribution in [0.25, 0.3) is 0 Å². The molecule has 0 radical (unpaired) electrons. The molecule has 0 aromatic carbocycles. The number of aliphatic carboxylic acids is 1. The summed E-state index contributed by atoms with van der Waals surface area (Å²) in [6.07, 6.45) is 6.42. The van der Waals surface area contributed by atoms with E-state index in [0.717, 1.165) is 19.5 Å². The highest BCUT2D eigenvalue weighted by molar-refractivity contribution is 5.67. The van der Waals surface area contributed by atoms with Gasteiger partial charge in [-0.3, -0.25) is 9.69 Å². The molecule has 0 spiro atoms. The smallest absolute Gasteiger partial charge is 0.304 e. The summed E-state index contributed by atoms with van der Waals surface area (Å²) in [7, 11) is 0. The second-order valence-corrected chi connectivity index (χ2v) is 6.36. The van der Waals surface area contributed by atoms with E-state index in [1.54, 1.807) is 0 Å². The van der Waals surface area contributed by atoms with Crippen molar-refractivity contribution in [3.63, 3.8) is 0 Å². The molecule has 2 aliphatic rings. The third-order valence-electron chi connectivity index (χ3n) is 4.51. The van der Waals surface area contributed by atoms with Crippen LogP contribution in [0.2, 0.25) is 0 Å². The van der Waals surface area contributed by atoms with Crippen molar-refractivity contribution < 1.29 is 9.90 Å². The lowest BCUT2D eigenvalue weighted by Gasteiger charge is -2.45. The SMILES string of the molecule is CC1(C)CCNCC(CC(=O)O)N1C1CCCC1. The predicted molar refractivity (Wildman–Crippen MR) is 71.7 cm³/mol. The van der Waals surface area contributed by atoms with Gasteiger partial charge in [0.05, 0.1) is 6.42 Å². The minimum atomic E-state index is -0.678. The Morgan fingerprint density at radius 3 is 2.67 bits per heavy atom. The minimum Gasteiger partial charge on any atom is -0.481 e. The Bertz CT molecular complexity index is 298. The van der Waals surface area contributed by atoms with Crippen LogP contribution in [0.5, 0.6) is 0 Å². The number of hydrogen-bond donors (Lipinski definition) is 2. The van der Waals surface area contributed by atoms with Gasteiger partial charge in [-0.25, -0.2) is 0 Å². The highest BCUT2D eigenvalue weighted by Gasteiger charge is 2.40. The first-order valence-corrected chi connectivity index (χ1v) is 7.21. The van der Waals surface area contributed by atoms with Crippen LogP contribution in [0.1, 0.15) is 52.4 Å². The molecule has 104 valence electrons. The monoisotopic (exact) mass is 254 g/mol. The van der Waals surface area contributed by atoms with Gasteiger partial charge in [-0.05, 0) is 39.7 Å². The number of nitrogens with one attached hydrogen (secondary N) is 1. The van der Waals surface area contributed by atoms with E-state index < -0.39 is 5.97 Å². The van der Waals surface area contributed by atoms with Crippen LogP contribution in [0, 0.1) is 0 Å². The van der Waals surface area contributed by atoms with Crippen molar-refractivity contribution in [2.24, 2.45) is 0 Å². The standard InChI is InChI=1S/C14H26N2O2/c1-14(2)7-8-15-10-12(9-13(17)18)16(14)11-5-3-4-6-11/h11-12,15H,3-10H2,1-2H3,(H,17,18). The van der Waals surface area contributed by atoms with Crippen molar-refractivity contribution in [3.05, 3.63) is 0 Å². The molecule has 1 heterocycles. The fourth-order valence-corrected chi connectivity index (χ4v) is 3.73. The molecule has 1 saturated carbocycles. The summed E-state index contributed by atoms with van der Waals surface area (Å²) in [5.74, 6) is -0.678.